The van der Waals surface area contributed by atoms with E-state index in [9.17, 15) is 10.2 Å². The third kappa shape index (κ3) is 2.06. The second-order valence-corrected chi connectivity index (χ2v) is 14.7. The lowest BCUT2D eigenvalue weighted by molar-refractivity contribution is -0.231. The number of aliphatic hydroxyl groups is 2. The summed E-state index contributed by atoms with van der Waals surface area (Å²) in [6.07, 6.45) is 13.2. The molecule has 6 saturated carbocycles. The van der Waals surface area contributed by atoms with Gasteiger partial charge in [0.25, 0.3) is 0 Å². The fourth-order valence-corrected chi connectivity index (χ4v) is 12.2. The maximum Gasteiger partial charge on any atom is 0.0865 e. The Morgan fingerprint density at radius 3 is 2.53 bits per heavy atom. The van der Waals surface area contributed by atoms with Gasteiger partial charge in [0.05, 0.1) is 23.4 Å². The zero-order chi connectivity index (χ0) is 22.5. The van der Waals surface area contributed by atoms with Gasteiger partial charge in [-0.15, -0.1) is 0 Å². The average molecular weight is 441 g/mol. The standard InChI is InChI=1S/C29H44O3/c1-17-7-6-9-28-16-27(28)12-11-25(4)23-18(14-26(25,5)20(27)13-19(30)22(17)28)15-29(23)10-8-21(32-29)24(2,3)31/h18-23,30-31H,1,6-16H2,2-5H3/t18?,19-,20?,21?,22?,23-,25+,26-,27?,28+,29-/m0/s1. The molecule has 1 aliphatic heterocycles. The van der Waals surface area contributed by atoms with Gasteiger partial charge < -0.3 is 14.9 Å². The van der Waals surface area contributed by atoms with Crippen LogP contribution in [0.4, 0.5) is 0 Å². The molecule has 3 heteroatoms. The van der Waals surface area contributed by atoms with Crippen molar-refractivity contribution >= 4 is 0 Å². The average Bonchev–Trinajstić information content (AvgIpc) is 2.99. The van der Waals surface area contributed by atoms with Crippen molar-refractivity contribution in [3.8, 4) is 0 Å². The Bertz CT molecular complexity index is 889. The van der Waals surface area contributed by atoms with Gasteiger partial charge in [-0.3, -0.25) is 0 Å². The predicted molar refractivity (Wildman–Crippen MR) is 125 cm³/mol. The van der Waals surface area contributed by atoms with Gasteiger partial charge in [-0.25, -0.2) is 0 Å². The minimum atomic E-state index is -0.750. The molecular weight excluding hydrogens is 396 g/mol. The molecule has 11 atom stereocenters. The fraction of sp³-hybridized carbons (Fsp3) is 0.931. The summed E-state index contributed by atoms with van der Waals surface area (Å²) in [6.45, 7) is 13.5. The normalized spacial score (nSPS) is 62.5. The van der Waals surface area contributed by atoms with Gasteiger partial charge in [-0.1, -0.05) is 26.0 Å². The highest BCUT2D eigenvalue weighted by atomic mass is 16.5. The van der Waals surface area contributed by atoms with Crippen LogP contribution in [0.25, 0.3) is 0 Å². The number of ether oxygens (including phenoxy) is 1. The number of hydrogen-bond acceptors (Lipinski definition) is 3. The first-order chi connectivity index (χ1) is 14.9. The number of fused-ring (bicyclic) bond motifs is 5. The molecule has 0 radical (unpaired) electrons. The van der Waals surface area contributed by atoms with Crippen LogP contribution in [0, 0.1) is 45.3 Å². The van der Waals surface area contributed by atoms with Crippen molar-refractivity contribution in [2.24, 2.45) is 45.3 Å². The lowest BCUT2D eigenvalue weighted by atomic mass is 9.42. The molecule has 7 aliphatic rings. The molecule has 3 spiro atoms. The molecule has 3 nitrogen and oxygen atoms in total. The molecule has 7 rings (SSSR count). The summed E-state index contributed by atoms with van der Waals surface area (Å²) in [5.74, 6) is 2.43. The van der Waals surface area contributed by atoms with Crippen LogP contribution in [0.1, 0.15) is 98.3 Å². The van der Waals surface area contributed by atoms with E-state index in [0.29, 0.717) is 39.4 Å². The van der Waals surface area contributed by atoms with E-state index in [0.717, 1.165) is 31.6 Å². The summed E-state index contributed by atoms with van der Waals surface area (Å²) in [5, 5.41) is 22.1. The number of rotatable bonds is 1. The Morgan fingerprint density at radius 2 is 1.81 bits per heavy atom. The van der Waals surface area contributed by atoms with Gasteiger partial charge in [0.15, 0.2) is 0 Å². The van der Waals surface area contributed by atoms with E-state index in [1.54, 1.807) is 0 Å². The first-order valence-corrected chi connectivity index (χ1v) is 13.7. The molecule has 7 fully saturated rings. The second-order valence-electron chi connectivity index (χ2n) is 14.7. The van der Waals surface area contributed by atoms with E-state index in [1.807, 2.05) is 13.8 Å². The first kappa shape index (κ1) is 20.9. The van der Waals surface area contributed by atoms with Gasteiger partial charge in [-0.05, 0) is 124 Å². The van der Waals surface area contributed by atoms with Gasteiger partial charge >= 0.3 is 0 Å². The fourth-order valence-electron chi connectivity index (χ4n) is 12.2. The summed E-state index contributed by atoms with van der Waals surface area (Å²) < 4.78 is 6.80. The zero-order valence-corrected chi connectivity index (χ0v) is 20.8. The number of aliphatic hydroxyl groups excluding tert-OH is 1. The third-order valence-electron chi connectivity index (χ3n) is 13.4. The molecule has 178 valence electrons. The van der Waals surface area contributed by atoms with Gasteiger partial charge in [-0.2, -0.15) is 0 Å². The molecular formula is C29H44O3. The summed E-state index contributed by atoms with van der Waals surface area (Å²) in [7, 11) is 0. The SMILES string of the molecule is C=C1CCC[C@]23CC24CC[C@]2(C)[C@@H]5C(C[C@@]56CCC(C(C)(C)O)O6)C[C@@]2(C)C4C[C@H](O)C13. The summed E-state index contributed by atoms with van der Waals surface area (Å²) in [5.41, 5.74) is 2.04. The molecule has 6 aliphatic carbocycles. The Balaban J connectivity index is 1.24. The van der Waals surface area contributed by atoms with Crippen molar-refractivity contribution in [3.05, 3.63) is 12.2 Å². The van der Waals surface area contributed by atoms with E-state index < -0.39 is 5.60 Å². The summed E-state index contributed by atoms with van der Waals surface area (Å²) in [6, 6.07) is 0. The highest BCUT2D eigenvalue weighted by Gasteiger charge is 2.84. The van der Waals surface area contributed by atoms with Crippen molar-refractivity contribution in [2.45, 2.75) is 122 Å². The predicted octanol–water partition coefficient (Wildman–Crippen LogP) is 5.63. The van der Waals surface area contributed by atoms with Crippen LogP contribution in [0.3, 0.4) is 0 Å². The van der Waals surface area contributed by atoms with Crippen molar-refractivity contribution in [3.63, 3.8) is 0 Å². The number of hydrogen-bond donors (Lipinski definition) is 2. The molecule has 2 N–H and O–H groups in total. The highest BCUT2D eigenvalue weighted by molar-refractivity contribution is 5.36. The van der Waals surface area contributed by atoms with E-state index in [1.165, 1.54) is 50.5 Å². The Hall–Kier alpha value is -0.380. The molecule has 32 heavy (non-hydrogen) atoms. The van der Waals surface area contributed by atoms with E-state index in [-0.39, 0.29) is 17.8 Å². The topological polar surface area (TPSA) is 49.7 Å². The summed E-state index contributed by atoms with van der Waals surface area (Å²) >= 11 is 0. The Labute approximate surface area is 194 Å². The zero-order valence-electron chi connectivity index (χ0n) is 20.8. The highest BCUT2D eigenvalue weighted by Crippen LogP contribution is 2.90. The molecule has 0 aromatic carbocycles. The minimum Gasteiger partial charge on any atom is -0.392 e. The lowest BCUT2D eigenvalue weighted by Gasteiger charge is -2.64. The lowest BCUT2D eigenvalue weighted by Crippen LogP contribution is -2.62. The smallest absolute Gasteiger partial charge is 0.0865 e. The molecule has 5 unspecified atom stereocenters. The second kappa shape index (κ2) is 5.71. The molecule has 0 bridgehead atoms. The Morgan fingerprint density at radius 1 is 1.03 bits per heavy atom. The molecule has 0 aromatic rings. The van der Waals surface area contributed by atoms with Crippen molar-refractivity contribution in [2.75, 3.05) is 0 Å². The van der Waals surface area contributed by atoms with E-state index >= 15 is 0 Å². The van der Waals surface area contributed by atoms with Crippen molar-refractivity contribution in [1.82, 2.24) is 0 Å². The van der Waals surface area contributed by atoms with Crippen LogP contribution >= 0.6 is 0 Å². The maximum atomic E-state index is 11.5. The van der Waals surface area contributed by atoms with Crippen LogP contribution in [0.2, 0.25) is 0 Å². The molecule has 1 heterocycles. The van der Waals surface area contributed by atoms with Crippen LogP contribution in [0.5, 0.6) is 0 Å². The quantitative estimate of drug-likeness (QED) is 0.519. The van der Waals surface area contributed by atoms with Crippen molar-refractivity contribution in [1.29, 1.82) is 0 Å². The van der Waals surface area contributed by atoms with Crippen LogP contribution in [-0.2, 0) is 4.74 Å². The van der Waals surface area contributed by atoms with E-state index in [4.69, 9.17) is 4.74 Å². The first-order valence-electron chi connectivity index (χ1n) is 13.7. The van der Waals surface area contributed by atoms with Gasteiger partial charge in [0.2, 0.25) is 0 Å². The van der Waals surface area contributed by atoms with Crippen molar-refractivity contribution < 1.29 is 14.9 Å². The van der Waals surface area contributed by atoms with Crippen LogP contribution in [0.15, 0.2) is 12.2 Å². The molecule has 0 amide bonds. The van der Waals surface area contributed by atoms with Gasteiger partial charge in [0, 0.05) is 5.92 Å². The summed E-state index contributed by atoms with van der Waals surface area (Å²) in [4.78, 5) is 0. The largest absolute Gasteiger partial charge is 0.392 e. The minimum absolute atomic E-state index is 0.00251. The van der Waals surface area contributed by atoms with Gasteiger partial charge in [0.1, 0.15) is 0 Å². The third-order valence-corrected chi connectivity index (χ3v) is 13.4. The monoisotopic (exact) mass is 440 g/mol. The van der Waals surface area contributed by atoms with Crippen LogP contribution < -0.4 is 0 Å². The Kier molecular flexibility index (Phi) is 3.73. The molecule has 1 saturated heterocycles. The van der Waals surface area contributed by atoms with Crippen LogP contribution in [-0.4, -0.2) is 33.6 Å². The maximum absolute atomic E-state index is 11.5. The van der Waals surface area contributed by atoms with E-state index in [2.05, 4.69) is 20.4 Å². The molecule has 0 aromatic heterocycles.